The summed E-state index contributed by atoms with van der Waals surface area (Å²) < 4.78 is 9.35. The topological polar surface area (TPSA) is 61.3 Å². The average molecular weight is 203 g/mol. The maximum Gasteiger partial charge on any atom is 0.343 e. The van der Waals surface area contributed by atoms with Gasteiger partial charge in [-0.05, 0) is 0 Å². The van der Waals surface area contributed by atoms with Gasteiger partial charge in [0.2, 0.25) is 0 Å². The number of rotatable bonds is 3. The molecule has 6 heteroatoms. The third-order valence-electron chi connectivity index (χ3n) is 1.18. The van der Waals surface area contributed by atoms with Crippen LogP contribution in [0.2, 0.25) is 5.15 Å². The highest BCUT2D eigenvalue weighted by molar-refractivity contribution is 6.29. The lowest BCUT2D eigenvalue weighted by molar-refractivity contribution is -0.142. The Kier molecular flexibility index (Phi) is 3.45. The summed E-state index contributed by atoms with van der Waals surface area (Å²) in [6.07, 6.45) is 1.36. The number of ether oxygens (including phenoxy) is 2. The molecule has 0 atom stereocenters. The summed E-state index contributed by atoms with van der Waals surface area (Å²) >= 11 is 5.52. The van der Waals surface area contributed by atoms with Crippen molar-refractivity contribution in [1.82, 2.24) is 10.2 Å². The average Bonchev–Trinajstić information content (AvgIpc) is 2.14. The molecule has 1 aromatic heterocycles. The Morgan fingerprint density at radius 3 is 3.08 bits per heavy atom. The van der Waals surface area contributed by atoms with Crippen LogP contribution in [0.4, 0.5) is 0 Å². The van der Waals surface area contributed by atoms with Gasteiger partial charge in [-0.3, -0.25) is 0 Å². The molecule has 0 unspecified atom stereocenters. The highest BCUT2D eigenvalue weighted by Crippen LogP contribution is 2.12. The fraction of sp³-hybridized carbons (Fsp3) is 0.286. The van der Waals surface area contributed by atoms with Crippen molar-refractivity contribution in [2.24, 2.45) is 0 Å². The van der Waals surface area contributed by atoms with Gasteiger partial charge in [-0.2, -0.15) is 5.10 Å². The fourth-order valence-electron chi connectivity index (χ4n) is 0.605. The Bertz CT molecular complexity index is 306. The quantitative estimate of drug-likeness (QED) is 0.675. The van der Waals surface area contributed by atoms with Gasteiger partial charge >= 0.3 is 5.97 Å². The summed E-state index contributed by atoms with van der Waals surface area (Å²) in [6.45, 7) is -0.168. The predicted molar refractivity (Wildman–Crippen MR) is 44.6 cm³/mol. The number of hydrogen-bond acceptors (Lipinski definition) is 5. The van der Waals surface area contributed by atoms with Crippen molar-refractivity contribution < 1.29 is 14.3 Å². The summed E-state index contributed by atoms with van der Waals surface area (Å²) in [7, 11) is 1.28. The van der Waals surface area contributed by atoms with Gasteiger partial charge in [-0.15, -0.1) is 5.10 Å². The van der Waals surface area contributed by atoms with Gasteiger partial charge in [0.1, 0.15) is 5.75 Å². The van der Waals surface area contributed by atoms with Crippen molar-refractivity contribution in [3.05, 3.63) is 17.4 Å². The SMILES string of the molecule is COC(=O)COc1cnnc(Cl)c1. The van der Waals surface area contributed by atoms with Crippen molar-refractivity contribution in [2.45, 2.75) is 0 Å². The first kappa shape index (κ1) is 9.73. The van der Waals surface area contributed by atoms with E-state index in [-0.39, 0.29) is 11.8 Å². The minimum Gasteiger partial charge on any atom is -0.480 e. The van der Waals surface area contributed by atoms with Crippen molar-refractivity contribution in [2.75, 3.05) is 13.7 Å². The van der Waals surface area contributed by atoms with Crippen LogP contribution in [0.25, 0.3) is 0 Å². The molecular formula is C7H7ClN2O3. The number of carbonyl (C=O) groups excluding carboxylic acids is 1. The smallest absolute Gasteiger partial charge is 0.343 e. The van der Waals surface area contributed by atoms with Crippen LogP contribution in [0.1, 0.15) is 0 Å². The van der Waals surface area contributed by atoms with Gasteiger partial charge in [0.05, 0.1) is 13.3 Å². The molecule has 0 aliphatic carbocycles. The predicted octanol–water partition coefficient (Wildman–Crippen LogP) is 0.682. The third kappa shape index (κ3) is 3.25. The molecule has 1 rings (SSSR count). The van der Waals surface area contributed by atoms with Crippen molar-refractivity contribution in [3.8, 4) is 5.75 Å². The molecule has 0 spiro atoms. The molecule has 0 N–H and O–H groups in total. The van der Waals surface area contributed by atoms with Gasteiger partial charge in [-0.1, -0.05) is 11.6 Å². The summed E-state index contributed by atoms with van der Waals surface area (Å²) in [4.78, 5) is 10.7. The van der Waals surface area contributed by atoms with Crippen LogP contribution in [-0.2, 0) is 9.53 Å². The van der Waals surface area contributed by atoms with Crippen LogP contribution in [0.5, 0.6) is 5.75 Å². The molecule has 0 fully saturated rings. The van der Waals surface area contributed by atoms with Gasteiger partial charge in [0.15, 0.2) is 11.8 Å². The Hall–Kier alpha value is -1.36. The number of esters is 1. The van der Waals surface area contributed by atoms with E-state index in [0.717, 1.165) is 0 Å². The van der Waals surface area contributed by atoms with E-state index in [2.05, 4.69) is 14.9 Å². The second-order valence-electron chi connectivity index (χ2n) is 2.08. The van der Waals surface area contributed by atoms with Crippen LogP contribution in [0.3, 0.4) is 0 Å². The number of halogens is 1. The van der Waals surface area contributed by atoms with Gasteiger partial charge in [-0.25, -0.2) is 4.79 Å². The van der Waals surface area contributed by atoms with Crippen LogP contribution in [-0.4, -0.2) is 29.9 Å². The highest BCUT2D eigenvalue weighted by atomic mass is 35.5. The monoisotopic (exact) mass is 202 g/mol. The van der Waals surface area contributed by atoms with E-state index in [4.69, 9.17) is 16.3 Å². The van der Waals surface area contributed by atoms with Crippen LogP contribution >= 0.6 is 11.6 Å². The zero-order chi connectivity index (χ0) is 9.68. The fourth-order valence-corrected chi connectivity index (χ4v) is 0.756. The van der Waals surface area contributed by atoms with Crippen molar-refractivity contribution >= 4 is 17.6 Å². The molecular weight excluding hydrogens is 196 g/mol. The summed E-state index contributed by atoms with van der Waals surface area (Å²) in [5, 5.41) is 7.25. The number of carbonyl (C=O) groups is 1. The lowest BCUT2D eigenvalue weighted by Gasteiger charge is -2.02. The third-order valence-corrected chi connectivity index (χ3v) is 1.37. The lowest BCUT2D eigenvalue weighted by atomic mass is 10.5. The highest BCUT2D eigenvalue weighted by Gasteiger charge is 2.02. The second kappa shape index (κ2) is 4.61. The molecule has 1 aromatic rings. The zero-order valence-electron chi connectivity index (χ0n) is 6.86. The zero-order valence-corrected chi connectivity index (χ0v) is 7.61. The molecule has 0 aliphatic rings. The van der Waals surface area contributed by atoms with E-state index in [1.54, 1.807) is 0 Å². The Morgan fingerprint density at radius 2 is 2.46 bits per heavy atom. The molecule has 0 saturated heterocycles. The minimum absolute atomic E-state index is 0.168. The lowest BCUT2D eigenvalue weighted by Crippen LogP contribution is -2.12. The minimum atomic E-state index is -0.465. The summed E-state index contributed by atoms with van der Waals surface area (Å²) in [6, 6.07) is 1.46. The summed E-state index contributed by atoms with van der Waals surface area (Å²) in [5.41, 5.74) is 0. The second-order valence-corrected chi connectivity index (χ2v) is 2.47. The van der Waals surface area contributed by atoms with E-state index < -0.39 is 5.97 Å². The number of hydrogen-bond donors (Lipinski definition) is 0. The Morgan fingerprint density at radius 1 is 1.69 bits per heavy atom. The first-order valence-corrected chi connectivity index (χ1v) is 3.78. The molecule has 13 heavy (non-hydrogen) atoms. The molecule has 70 valence electrons. The molecule has 0 radical (unpaired) electrons. The van der Waals surface area contributed by atoms with Crippen LogP contribution < -0.4 is 4.74 Å². The Labute approximate surface area is 79.6 Å². The normalized spacial score (nSPS) is 9.38. The summed E-state index contributed by atoms with van der Waals surface area (Å²) in [5.74, 6) is -0.0849. The first-order valence-electron chi connectivity index (χ1n) is 3.40. The van der Waals surface area contributed by atoms with E-state index in [1.165, 1.54) is 19.4 Å². The Balaban J connectivity index is 2.50. The molecule has 0 aromatic carbocycles. The van der Waals surface area contributed by atoms with Crippen LogP contribution in [0, 0.1) is 0 Å². The maximum atomic E-state index is 10.7. The van der Waals surface area contributed by atoms with Gasteiger partial charge in [0, 0.05) is 6.07 Å². The van der Waals surface area contributed by atoms with Crippen molar-refractivity contribution in [3.63, 3.8) is 0 Å². The maximum absolute atomic E-state index is 10.7. The number of nitrogens with zero attached hydrogens (tertiary/aromatic N) is 2. The van der Waals surface area contributed by atoms with Gasteiger partial charge in [0.25, 0.3) is 0 Å². The standard InChI is InChI=1S/C7H7ClN2O3/c1-12-7(11)4-13-5-2-6(8)10-9-3-5/h2-3H,4H2,1H3. The molecule has 5 nitrogen and oxygen atoms in total. The number of methoxy groups -OCH3 is 1. The molecule has 0 aliphatic heterocycles. The van der Waals surface area contributed by atoms with E-state index in [0.29, 0.717) is 5.75 Å². The molecule has 0 saturated carbocycles. The van der Waals surface area contributed by atoms with Gasteiger partial charge < -0.3 is 9.47 Å². The first-order chi connectivity index (χ1) is 6.22. The van der Waals surface area contributed by atoms with Crippen molar-refractivity contribution in [1.29, 1.82) is 0 Å². The van der Waals surface area contributed by atoms with E-state index >= 15 is 0 Å². The number of aromatic nitrogens is 2. The molecule has 0 bridgehead atoms. The van der Waals surface area contributed by atoms with E-state index in [9.17, 15) is 4.79 Å². The molecule has 0 amide bonds. The van der Waals surface area contributed by atoms with E-state index in [1.807, 2.05) is 0 Å². The van der Waals surface area contributed by atoms with Crippen LogP contribution in [0.15, 0.2) is 12.3 Å². The molecule has 1 heterocycles. The largest absolute Gasteiger partial charge is 0.480 e.